The van der Waals surface area contributed by atoms with Crippen molar-refractivity contribution in [3.05, 3.63) is 0 Å². The van der Waals surface area contributed by atoms with Gasteiger partial charge in [0.15, 0.2) is 6.29 Å². The van der Waals surface area contributed by atoms with Crippen LogP contribution in [0.2, 0.25) is 0 Å². The standard InChI is InChI=1S/C23H43N3O6/c1-7-26-14-17(24-21(26)27)12-13-20(31-15-30-16(2)29-6)18-10-8-9-11-19(18)25-22(28)32-23(3,4)5/h16-20H,7-15H2,1-6H3,(H,24,27)(H,25,28)/t16?,17-,18?,19?,20?/m1/s1. The van der Waals surface area contributed by atoms with Crippen LogP contribution in [0.5, 0.6) is 0 Å². The lowest BCUT2D eigenvalue weighted by molar-refractivity contribution is -0.197. The molecule has 5 atom stereocenters. The van der Waals surface area contributed by atoms with E-state index in [0.29, 0.717) is 13.1 Å². The summed E-state index contributed by atoms with van der Waals surface area (Å²) in [4.78, 5) is 26.3. The Bertz CT molecular complexity index is 597. The number of hydrogen-bond acceptors (Lipinski definition) is 6. The maximum Gasteiger partial charge on any atom is 0.407 e. The Labute approximate surface area is 192 Å². The first-order valence-corrected chi connectivity index (χ1v) is 11.9. The van der Waals surface area contributed by atoms with E-state index in [1.807, 2.05) is 39.5 Å². The zero-order chi connectivity index (χ0) is 23.7. The number of alkyl carbamates (subject to hydrolysis) is 1. The molecule has 1 aliphatic carbocycles. The number of carbonyl (C=O) groups is 2. The second-order valence-electron chi connectivity index (χ2n) is 9.76. The van der Waals surface area contributed by atoms with Crippen LogP contribution in [-0.2, 0) is 18.9 Å². The van der Waals surface area contributed by atoms with Crippen LogP contribution in [0.1, 0.15) is 73.1 Å². The van der Waals surface area contributed by atoms with Gasteiger partial charge in [0.1, 0.15) is 12.4 Å². The summed E-state index contributed by atoms with van der Waals surface area (Å²) >= 11 is 0. The molecule has 0 spiro atoms. The molecule has 9 heteroatoms. The third kappa shape index (κ3) is 8.75. The second kappa shape index (κ2) is 12.6. The molecule has 1 heterocycles. The van der Waals surface area contributed by atoms with Gasteiger partial charge in [0.2, 0.25) is 0 Å². The fourth-order valence-electron chi connectivity index (χ4n) is 4.42. The monoisotopic (exact) mass is 457 g/mol. The number of hydrogen-bond donors (Lipinski definition) is 2. The highest BCUT2D eigenvalue weighted by molar-refractivity contribution is 5.76. The Morgan fingerprint density at radius 2 is 1.97 bits per heavy atom. The highest BCUT2D eigenvalue weighted by Crippen LogP contribution is 2.32. The minimum atomic E-state index is -0.542. The number of urea groups is 1. The van der Waals surface area contributed by atoms with Crippen molar-refractivity contribution < 1.29 is 28.5 Å². The quantitative estimate of drug-likeness (QED) is 0.460. The number of methoxy groups -OCH3 is 1. The lowest BCUT2D eigenvalue weighted by atomic mass is 9.79. The number of amides is 3. The Hall–Kier alpha value is -1.58. The van der Waals surface area contributed by atoms with E-state index in [2.05, 4.69) is 10.6 Å². The van der Waals surface area contributed by atoms with Crippen LogP contribution in [0.4, 0.5) is 9.59 Å². The number of nitrogens with one attached hydrogen (secondary N) is 2. The number of rotatable bonds is 11. The van der Waals surface area contributed by atoms with Gasteiger partial charge in [-0.3, -0.25) is 0 Å². The Balaban J connectivity index is 2.01. The fourth-order valence-corrected chi connectivity index (χ4v) is 4.42. The average molecular weight is 458 g/mol. The van der Waals surface area contributed by atoms with Gasteiger partial charge in [-0.2, -0.15) is 0 Å². The zero-order valence-corrected chi connectivity index (χ0v) is 20.6. The molecule has 0 aromatic rings. The van der Waals surface area contributed by atoms with E-state index >= 15 is 0 Å². The number of likely N-dealkylation sites (N-methyl/N-ethyl adjacent to an activating group) is 1. The van der Waals surface area contributed by atoms with Crippen LogP contribution in [0.15, 0.2) is 0 Å². The maximum atomic E-state index is 12.4. The molecular formula is C23H43N3O6. The molecule has 186 valence electrons. The predicted molar refractivity (Wildman–Crippen MR) is 121 cm³/mol. The van der Waals surface area contributed by atoms with Crippen molar-refractivity contribution in [2.24, 2.45) is 5.92 Å². The summed E-state index contributed by atoms with van der Waals surface area (Å²) in [5.74, 6) is 0.150. The first-order valence-electron chi connectivity index (χ1n) is 11.9. The number of nitrogens with zero attached hydrogens (tertiary/aromatic N) is 1. The van der Waals surface area contributed by atoms with Crippen molar-refractivity contribution in [1.29, 1.82) is 0 Å². The topological polar surface area (TPSA) is 98.4 Å². The third-order valence-corrected chi connectivity index (χ3v) is 6.15. The molecule has 1 saturated carbocycles. The molecule has 2 N–H and O–H groups in total. The minimum absolute atomic E-state index is 0.00523. The van der Waals surface area contributed by atoms with Crippen LogP contribution in [0.3, 0.4) is 0 Å². The van der Waals surface area contributed by atoms with E-state index in [-0.39, 0.29) is 49.3 Å². The van der Waals surface area contributed by atoms with Gasteiger partial charge in [-0.05, 0) is 60.3 Å². The van der Waals surface area contributed by atoms with Crippen molar-refractivity contribution in [2.75, 3.05) is 27.0 Å². The van der Waals surface area contributed by atoms with Gasteiger partial charge in [-0.15, -0.1) is 0 Å². The molecule has 1 aliphatic heterocycles. The number of ether oxygens (including phenoxy) is 4. The molecule has 3 amide bonds. The zero-order valence-electron chi connectivity index (χ0n) is 20.6. The minimum Gasteiger partial charge on any atom is -0.444 e. The summed E-state index contributed by atoms with van der Waals surface area (Å²) in [6, 6.07) is 0.0799. The molecule has 9 nitrogen and oxygen atoms in total. The van der Waals surface area contributed by atoms with Gasteiger partial charge in [0.05, 0.1) is 6.10 Å². The molecule has 0 radical (unpaired) electrons. The molecule has 2 fully saturated rings. The predicted octanol–water partition coefficient (Wildman–Crippen LogP) is 3.62. The summed E-state index contributed by atoms with van der Waals surface area (Å²) in [6.45, 7) is 10.9. The first kappa shape index (κ1) is 26.7. The Morgan fingerprint density at radius 1 is 1.25 bits per heavy atom. The molecule has 0 aromatic heterocycles. The van der Waals surface area contributed by atoms with Crippen LogP contribution in [0, 0.1) is 5.92 Å². The van der Waals surface area contributed by atoms with Crippen LogP contribution in [-0.4, -0.2) is 74.1 Å². The molecule has 1 saturated heterocycles. The highest BCUT2D eigenvalue weighted by atomic mass is 16.7. The van der Waals surface area contributed by atoms with E-state index in [1.54, 1.807) is 7.11 Å². The molecule has 2 aliphatic rings. The molecule has 2 rings (SSSR count). The van der Waals surface area contributed by atoms with E-state index in [0.717, 1.165) is 38.5 Å². The van der Waals surface area contributed by atoms with Crippen molar-refractivity contribution in [3.63, 3.8) is 0 Å². The summed E-state index contributed by atoms with van der Waals surface area (Å²) in [5, 5.41) is 6.14. The van der Waals surface area contributed by atoms with Crippen LogP contribution in [0.25, 0.3) is 0 Å². The van der Waals surface area contributed by atoms with E-state index in [4.69, 9.17) is 18.9 Å². The van der Waals surface area contributed by atoms with Crippen LogP contribution >= 0.6 is 0 Å². The second-order valence-corrected chi connectivity index (χ2v) is 9.76. The lowest BCUT2D eigenvalue weighted by Gasteiger charge is -2.38. The summed E-state index contributed by atoms with van der Waals surface area (Å²) in [6.07, 6.45) is 4.73. The van der Waals surface area contributed by atoms with Gasteiger partial charge < -0.3 is 34.5 Å². The van der Waals surface area contributed by atoms with Gasteiger partial charge in [-0.25, -0.2) is 9.59 Å². The van der Waals surface area contributed by atoms with E-state index < -0.39 is 5.60 Å². The van der Waals surface area contributed by atoms with Crippen LogP contribution < -0.4 is 10.6 Å². The lowest BCUT2D eigenvalue weighted by Crippen LogP contribution is -2.49. The van der Waals surface area contributed by atoms with E-state index in [9.17, 15) is 9.59 Å². The Morgan fingerprint density at radius 3 is 2.59 bits per heavy atom. The van der Waals surface area contributed by atoms with Crippen molar-refractivity contribution in [3.8, 4) is 0 Å². The Kier molecular flexibility index (Phi) is 10.5. The van der Waals surface area contributed by atoms with Gasteiger partial charge in [0.25, 0.3) is 0 Å². The van der Waals surface area contributed by atoms with Gasteiger partial charge >= 0.3 is 12.1 Å². The third-order valence-electron chi connectivity index (χ3n) is 6.15. The van der Waals surface area contributed by atoms with Crippen molar-refractivity contribution >= 4 is 12.1 Å². The SMILES string of the molecule is CCN1C[C@@H](CCC(OCOC(C)OC)C2CCCCC2NC(=O)OC(C)(C)C)NC1=O. The smallest absolute Gasteiger partial charge is 0.407 e. The normalized spacial score (nSPS) is 25.9. The largest absolute Gasteiger partial charge is 0.444 e. The molecule has 0 bridgehead atoms. The maximum absolute atomic E-state index is 12.4. The average Bonchev–Trinajstić information content (AvgIpc) is 3.09. The molecular weight excluding hydrogens is 414 g/mol. The first-order chi connectivity index (χ1) is 15.1. The molecule has 0 aromatic carbocycles. The van der Waals surface area contributed by atoms with Gasteiger partial charge in [-0.1, -0.05) is 12.8 Å². The molecule has 4 unspecified atom stereocenters. The van der Waals surface area contributed by atoms with Crippen molar-refractivity contribution in [2.45, 2.75) is 103 Å². The summed E-state index contributed by atoms with van der Waals surface area (Å²) in [5.41, 5.74) is -0.542. The van der Waals surface area contributed by atoms with E-state index in [1.165, 1.54) is 0 Å². The number of carbonyl (C=O) groups excluding carboxylic acids is 2. The summed E-state index contributed by atoms with van der Waals surface area (Å²) < 4.78 is 22.4. The fraction of sp³-hybridized carbons (Fsp3) is 0.913. The van der Waals surface area contributed by atoms with Crippen molar-refractivity contribution in [1.82, 2.24) is 15.5 Å². The summed E-state index contributed by atoms with van der Waals surface area (Å²) in [7, 11) is 1.59. The highest BCUT2D eigenvalue weighted by Gasteiger charge is 2.36. The molecule has 32 heavy (non-hydrogen) atoms. The van der Waals surface area contributed by atoms with Gasteiger partial charge in [0, 0.05) is 38.2 Å².